The van der Waals surface area contributed by atoms with Crippen LogP contribution < -0.4 is 0 Å². The van der Waals surface area contributed by atoms with Crippen molar-refractivity contribution in [3.63, 3.8) is 0 Å². The predicted molar refractivity (Wildman–Crippen MR) is 84.8 cm³/mol. The van der Waals surface area contributed by atoms with Crippen LogP contribution in [0.2, 0.25) is 0 Å². The molecule has 0 saturated carbocycles. The van der Waals surface area contributed by atoms with Gasteiger partial charge in [0, 0.05) is 38.1 Å². The lowest BCUT2D eigenvalue weighted by atomic mass is 9.79. The highest BCUT2D eigenvalue weighted by molar-refractivity contribution is 7.89. The van der Waals surface area contributed by atoms with E-state index in [2.05, 4.69) is 4.90 Å². The molecule has 0 bridgehead atoms. The minimum Gasteiger partial charge on any atom is -0.298 e. The van der Waals surface area contributed by atoms with Gasteiger partial charge in [-0.15, -0.1) is 0 Å². The van der Waals surface area contributed by atoms with Gasteiger partial charge in [0.05, 0.1) is 11.3 Å². The van der Waals surface area contributed by atoms with Crippen LogP contribution >= 0.6 is 0 Å². The van der Waals surface area contributed by atoms with E-state index in [0.717, 1.165) is 37.2 Å². The average Bonchev–Trinajstić information content (AvgIpc) is 2.93. The molecule has 8 heteroatoms. The van der Waals surface area contributed by atoms with E-state index < -0.39 is 21.8 Å². The third-order valence-electron chi connectivity index (χ3n) is 4.97. The van der Waals surface area contributed by atoms with E-state index in [0.29, 0.717) is 19.6 Å². The lowest BCUT2D eigenvalue weighted by Crippen LogP contribution is -2.57. The molecule has 24 heavy (non-hydrogen) atoms. The average molecular weight is 362 g/mol. The van der Waals surface area contributed by atoms with E-state index in [9.17, 15) is 21.6 Å². The number of hydrogen-bond acceptors (Lipinski definition) is 3. The van der Waals surface area contributed by atoms with E-state index in [1.54, 1.807) is 11.2 Å². The topological polar surface area (TPSA) is 40.6 Å². The molecule has 0 aromatic heterocycles. The highest BCUT2D eigenvalue weighted by Gasteiger charge is 2.49. The molecule has 4 nitrogen and oxygen atoms in total. The maximum atomic E-state index is 12.6. The summed E-state index contributed by atoms with van der Waals surface area (Å²) in [5, 5.41) is 0. The molecule has 1 aromatic carbocycles. The van der Waals surface area contributed by atoms with Crippen molar-refractivity contribution in [2.75, 3.05) is 31.9 Å². The standard InChI is InChI=1S/C16H21F3N2O2S/c1-2-24(22,23)21-8-7-15(12-21)10-20(11-15)9-13-3-5-14(6-4-13)16(17,18)19/h3-6H,2,7-12H2,1H3. The van der Waals surface area contributed by atoms with Crippen molar-refractivity contribution in [2.24, 2.45) is 5.41 Å². The van der Waals surface area contributed by atoms with Crippen LogP contribution in [-0.2, 0) is 22.7 Å². The van der Waals surface area contributed by atoms with Crippen molar-refractivity contribution in [3.05, 3.63) is 35.4 Å². The fraction of sp³-hybridized carbons (Fsp3) is 0.625. The number of nitrogens with zero attached hydrogens (tertiary/aromatic N) is 2. The molecule has 0 N–H and O–H groups in total. The Morgan fingerprint density at radius 3 is 2.29 bits per heavy atom. The summed E-state index contributed by atoms with van der Waals surface area (Å²) < 4.78 is 63.1. The molecule has 2 saturated heterocycles. The minimum atomic E-state index is -4.31. The van der Waals surface area contributed by atoms with Gasteiger partial charge < -0.3 is 0 Å². The van der Waals surface area contributed by atoms with Crippen LogP contribution in [0.5, 0.6) is 0 Å². The van der Waals surface area contributed by atoms with Crippen molar-refractivity contribution in [2.45, 2.75) is 26.1 Å². The molecular formula is C16H21F3N2O2S. The van der Waals surface area contributed by atoms with Gasteiger partial charge in [0.15, 0.2) is 0 Å². The van der Waals surface area contributed by atoms with E-state index in [1.807, 2.05) is 0 Å². The summed E-state index contributed by atoms with van der Waals surface area (Å²) in [5.41, 5.74) is 0.227. The third-order valence-corrected chi connectivity index (χ3v) is 6.80. The zero-order valence-electron chi connectivity index (χ0n) is 13.5. The molecule has 0 aliphatic carbocycles. The maximum absolute atomic E-state index is 12.6. The molecule has 2 aliphatic rings. The SMILES string of the molecule is CCS(=O)(=O)N1CCC2(CN(Cc3ccc(C(F)(F)F)cc3)C2)C1. The first-order chi connectivity index (χ1) is 11.1. The second kappa shape index (κ2) is 6.00. The Morgan fingerprint density at radius 1 is 1.12 bits per heavy atom. The largest absolute Gasteiger partial charge is 0.416 e. The van der Waals surface area contributed by atoms with Gasteiger partial charge in [-0.3, -0.25) is 4.90 Å². The van der Waals surface area contributed by atoms with Gasteiger partial charge in [0.1, 0.15) is 0 Å². The monoisotopic (exact) mass is 362 g/mol. The van der Waals surface area contributed by atoms with Crippen molar-refractivity contribution in [3.8, 4) is 0 Å². The van der Waals surface area contributed by atoms with Crippen molar-refractivity contribution in [1.82, 2.24) is 9.21 Å². The molecule has 2 aliphatic heterocycles. The number of hydrogen-bond donors (Lipinski definition) is 0. The summed E-state index contributed by atoms with van der Waals surface area (Å²) in [5.74, 6) is 0.123. The summed E-state index contributed by atoms with van der Waals surface area (Å²) in [7, 11) is -3.13. The molecule has 0 unspecified atom stereocenters. The first-order valence-corrected chi connectivity index (χ1v) is 9.61. The first kappa shape index (κ1) is 17.7. The van der Waals surface area contributed by atoms with Crippen molar-refractivity contribution < 1.29 is 21.6 Å². The Bertz CT molecular complexity index is 695. The fourth-order valence-corrected chi connectivity index (χ4v) is 4.85. The van der Waals surface area contributed by atoms with Crippen LogP contribution in [0.4, 0.5) is 13.2 Å². The summed E-state index contributed by atoms with van der Waals surface area (Å²) in [6, 6.07) is 5.23. The molecule has 2 fully saturated rings. The van der Waals surface area contributed by atoms with Crippen molar-refractivity contribution >= 4 is 10.0 Å². The maximum Gasteiger partial charge on any atom is 0.416 e. The summed E-state index contributed by atoms with van der Waals surface area (Å²) in [6.07, 6.45) is -3.45. The van der Waals surface area contributed by atoms with Gasteiger partial charge in [0.2, 0.25) is 10.0 Å². The minimum absolute atomic E-state index is 0.0220. The molecule has 134 valence electrons. The molecule has 3 rings (SSSR count). The third kappa shape index (κ3) is 3.45. The van der Waals surface area contributed by atoms with Gasteiger partial charge >= 0.3 is 6.18 Å². The van der Waals surface area contributed by atoms with Crippen LogP contribution in [0, 0.1) is 5.41 Å². The van der Waals surface area contributed by atoms with Crippen LogP contribution in [0.25, 0.3) is 0 Å². The highest BCUT2D eigenvalue weighted by atomic mass is 32.2. The molecule has 0 amide bonds. The Labute approximate surface area is 140 Å². The van der Waals surface area contributed by atoms with Crippen molar-refractivity contribution in [1.29, 1.82) is 0 Å². The second-order valence-electron chi connectivity index (χ2n) is 6.82. The Balaban J connectivity index is 1.54. The van der Waals surface area contributed by atoms with Crippen LogP contribution in [0.15, 0.2) is 24.3 Å². The van der Waals surface area contributed by atoms with E-state index in [-0.39, 0.29) is 11.2 Å². The predicted octanol–water partition coefficient (Wildman–Crippen LogP) is 2.56. The van der Waals surface area contributed by atoms with Crippen LogP contribution in [0.1, 0.15) is 24.5 Å². The van der Waals surface area contributed by atoms with Gasteiger partial charge in [-0.2, -0.15) is 13.2 Å². The smallest absolute Gasteiger partial charge is 0.298 e. The number of rotatable bonds is 4. The zero-order chi connectivity index (χ0) is 17.6. The quantitative estimate of drug-likeness (QED) is 0.827. The first-order valence-electron chi connectivity index (χ1n) is 8.00. The highest BCUT2D eigenvalue weighted by Crippen LogP contribution is 2.41. The molecule has 1 aromatic rings. The second-order valence-corrected chi connectivity index (χ2v) is 9.08. The summed E-state index contributed by atoms with van der Waals surface area (Å²) >= 11 is 0. The normalized spacial score (nSPS) is 22.0. The molecular weight excluding hydrogens is 341 g/mol. The number of halogens is 3. The Morgan fingerprint density at radius 2 is 1.75 bits per heavy atom. The van der Waals surface area contributed by atoms with E-state index >= 15 is 0 Å². The van der Waals surface area contributed by atoms with Crippen LogP contribution in [0.3, 0.4) is 0 Å². The fourth-order valence-electron chi connectivity index (χ4n) is 3.64. The number of benzene rings is 1. The van der Waals surface area contributed by atoms with Gasteiger partial charge in [-0.05, 0) is 31.0 Å². The molecule has 1 spiro atoms. The van der Waals surface area contributed by atoms with Crippen LogP contribution in [-0.4, -0.2) is 49.6 Å². The Kier molecular flexibility index (Phi) is 4.42. The van der Waals surface area contributed by atoms with E-state index in [4.69, 9.17) is 0 Å². The lowest BCUT2D eigenvalue weighted by Gasteiger charge is -2.48. The molecule has 0 atom stereocenters. The number of sulfonamides is 1. The molecule has 2 heterocycles. The summed E-state index contributed by atoms with van der Waals surface area (Å²) in [6.45, 7) is 4.98. The van der Waals surface area contributed by atoms with Gasteiger partial charge in [-0.1, -0.05) is 12.1 Å². The van der Waals surface area contributed by atoms with Gasteiger partial charge in [0.25, 0.3) is 0 Å². The van der Waals surface area contributed by atoms with Gasteiger partial charge in [-0.25, -0.2) is 12.7 Å². The lowest BCUT2D eigenvalue weighted by molar-refractivity contribution is -0.137. The zero-order valence-corrected chi connectivity index (χ0v) is 14.3. The summed E-state index contributed by atoms with van der Waals surface area (Å²) in [4.78, 5) is 2.16. The molecule has 0 radical (unpaired) electrons. The number of alkyl halides is 3. The van der Waals surface area contributed by atoms with E-state index in [1.165, 1.54) is 12.1 Å². The Hall–Kier alpha value is -1.12. The number of likely N-dealkylation sites (tertiary alicyclic amines) is 1.